The first-order chi connectivity index (χ1) is 9.95. The van der Waals surface area contributed by atoms with Gasteiger partial charge in [-0.05, 0) is 24.2 Å². The summed E-state index contributed by atoms with van der Waals surface area (Å²) in [6, 6.07) is 7.88. The van der Waals surface area contributed by atoms with Crippen molar-refractivity contribution < 1.29 is 19.5 Å². The van der Waals surface area contributed by atoms with E-state index in [1.54, 1.807) is 6.92 Å². The number of carbonyl (C=O) groups is 1. The molecule has 0 aliphatic carbocycles. The highest BCUT2D eigenvalue weighted by Gasteiger charge is 1.93. The fourth-order valence-electron chi connectivity index (χ4n) is 1.07. The van der Waals surface area contributed by atoms with E-state index in [0.29, 0.717) is 13.2 Å². The third-order valence-corrected chi connectivity index (χ3v) is 2.14. The van der Waals surface area contributed by atoms with Crippen LogP contribution in [0.4, 0.5) is 0 Å². The number of hydrogen-bond acceptors (Lipinski definition) is 4. The summed E-state index contributed by atoms with van der Waals surface area (Å²) in [5.74, 6) is 0.0388. The van der Waals surface area contributed by atoms with Crippen LogP contribution in [0.15, 0.2) is 29.4 Å². The van der Waals surface area contributed by atoms with E-state index in [1.807, 2.05) is 31.2 Å². The summed E-state index contributed by atoms with van der Waals surface area (Å²) in [5, 5.41) is 11.1. The third-order valence-electron chi connectivity index (χ3n) is 2.14. The molecule has 0 radical (unpaired) electrons. The molecule has 0 amide bonds. The third kappa shape index (κ3) is 12.3. The minimum absolute atomic E-state index is 0.0700. The van der Waals surface area contributed by atoms with Crippen molar-refractivity contribution in [1.82, 2.24) is 0 Å². The van der Waals surface area contributed by atoms with Gasteiger partial charge in [0.05, 0.1) is 6.61 Å². The van der Waals surface area contributed by atoms with Crippen LogP contribution in [-0.4, -0.2) is 30.2 Å². The topological polar surface area (TPSA) is 120 Å². The number of benzene rings is 1. The lowest BCUT2D eigenvalue weighted by Crippen LogP contribution is -2.23. The van der Waals surface area contributed by atoms with Gasteiger partial charge in [-0.1, -0.05) is 24.6 Å². The van der Waals surface area contributed by atoms with Crippen molar-refractivity contribution in [3.8, 4) is 5.75 Å². The Morgan fingerprint density at radius 2 is 1.81 bits per heavy atom. The molecule has 7 heteroatoms. The lowest BCUT2D eigenvalue weighted by molar-refractivity contribution is -0.136. The number of nitrogens with two attached hydrogens (primary N) is 2. The minimum Gasteiger partial charge on any atom is -0.493 e. The van der Waals surface area contributed by atoms with E-state index in [4.69, 9.17) is 26.1 Å². The first-order valence-corrected chi connectivity index (χ1v) is 6.57. The number of rotatable bonds is 7. The average Bonchev–Trinajstić information content (AvgIpc) is 2.45. The predicted octanol–water partition coefficient (Wildman–Crippen LogP) is 1.45. The zero-order valence-electron chi connectivity index (χ0n) is 12.4. The summed E-state index contributed by atoms with van der Waals surface area (Å²) in [4.78, 5) is 14.2. The number of oxime groups is 1. The van der Waals surface area contributed by atoms with Gasteiger partial charge < -0.3 is 26.1 Å². The van der Waals surface area contributed by atoms with Crippen LogP contribution in [-0.2, 0) is 9.63 Å². The molecule has 5 N–H and O–H groups in total. The lowest BCUT2D eigenvalue weighted by Gasteiger charge is -2.05. The number of carboxylic acid groups (broad SMARTS) is 1. The summed E-state index contributed by atoms with van der Waals surface area (Å²) in [6.07, 6.45) is 0.949. The Morgan fingerprint density at radius 3 is 2.29 bits per heavy atom. The number of carboxylic acids is 1. The molecule has 0 aliphatic heterocycles. The fourth-order valence-corrected chi connectivity index (χ4v) is 1.07. The smallest absolute Gasteiger partial charge is 0.303 e. The summed E-state index contributed by atoms with van der Waals surface area (Å²) in [6.45, 7) is 4.64. The molecule has 0 heterocycles. The monoisotopic (exact) mass is 297 g/mol. The van der Waals surface area contributed by atoms with Gasteiger partial charge in [-0.15, -0.1) is 0 Å². The van der Waals surface area contributed by atoms with E-state index in [1.165, 1.54) is 5.56 Å². The second-order valence-corrected chi connectivity index (χ2v) is 4.11. The molecule has 0 spiro atoms. The van der Waals surface area contributed by atoms with Crippen LogP contribution in [0.2, 0.25) is 0 Å². The number of aryl methyl sites for hydroxylation is 1. The van der Waals surface area contributed by atoms with Crippen molar-refractivity contribution in [3.05, 3.63) is 29.8 Å². The van der Waals surface area contributed by atoms with Gasteiger partial charge in [0, 0.05) is 12.8 Å². The number of guanidine groups is 1. The van der Waals surface area contributed by atoms with Gasteiger partial charge in [-0.2, -0.15) is 0 Å². The van der Waals surface area contributed by atoms with Crippen LogP contribution < -0.4 is 16.2 Å². The van der Waals surface area contributed by atoms with Gasteiger partial charge in [0.2, 0.25) is 5.96 Å². The molecule has 1 rings (SSSR count). The molecular weight excluding hydrogens is 274 g/mol. The van der Waals surface area contributed by atoms with Gasteiger partial charge in [-0.3, -0.25) is 4.79 Å². The van der Waals surface area contributed by atoms with Crippen molar-refractivity contribution in [2.75, 3.05) is 13.2 Å². The molecule has 0 unspecified atom stereocenters. The van der Waals surface area contributed by atoms with Gasteiger partial charge in [0.1, 0.15) is 12.4 Å². The van der Waals surface area contributed by atoms with Crippen molar-refractivity contribution in [1.29, 1.82) is 0 Å². The van der Waals surface area contributed by atoms with Crippen LogP contribution >= 0.6 is 0 Å². The number of ether oxygens (including phenoxy) is 1. The summed E-state index contributed by atoms with van der Waals surface area (Å²) in [7, 11) is 0. The number of nitrogens with zero attached hydrogens (tertiary/aromatic N) is 1. The van der Waals surface area contributed by atoms with Gasteiger partial charge in [0.15, 0.2) is 0 Å². The van der Waals surface area contributed by atoms with Crippen LogP contribution in [0.25, 0.3) is 0 Å². The summed E-state index contributed by atoms with van der Waals surface area (Å²) in [5.41, 5.74) is 11.4. The highest BCUT2D eigenvalue weighted by atomic mass is 16.6. The molecule has 0 bridgehead atoms. The van der Waals surface area contributed by atoms with Gasteiger partial charge >= 0.3 is 5.97 Å². The maximum Gasteiger partial charge on any atom is 0.303 e. The van der Waals surface area contributed by atoms with Crippen LogP contribution in [0.3, 0.4) is 0 Å². The SMILES string of the molecule is CCC(=O)O.Cc1ccc(OCCCON=C(N)N)cc1. The predicted molar refractivity (Wildman–Crippen MR) is 81.0 cm³/mol. The molecule has 0 aromatic heterocycles. The standard InChI is InChI=1S/C11H17N3O2.C3H6O2/c1-9-3-5-10(6-4-9)15-7-2-8-16-14-11(12)13;1-2-3(4)5/h3-6H,2,7-8H2,1H3,(H4,12,13,14);2H2,1H3,(H,4,5). The summed E-state index contributed by atoms with van der Waals surface area (Å²) >= 11 is 0. The minimum atomic E-state index is -0.745. The summed E-state index contributed by atoms with van der Waals surface area (Å²) < 4.78 is 5.48. The van der Waals surface area contributed by atoms with E-state index in [9.17, 15) is 4.79 Å². The molecule has 7 nitrogen and oxygen atoms in total. The first kappa shape index (κ1) is 18.6. The van der Waals surface area contributed by atoms with E-state index >= 15 is 0 Å². The molecule has 0 fully saturated rings. The highest BCUT2D eigenvalue weighted by Crippen LogP contribution is 2.11. The quantitative estimate of drug-likeness (QED) is 0.303. The Balaban J connectivity index is 0.000000690. The second kappa shape index (κ2) is 11.4. The Hall–Kier alpha value is -2.44. The molecule has 21 heavy (non-hydrogen) atoms. The lowest BCUT2D eigenvalue weighted by atomic mass is 10.2. The molecule has 0 saturated heterocycles. The maximum atomic E-state index is 9.37. The molecule has 0 atom stereocenters. The molecule has 1 aromatic rings. The van der Waals surface area contributed by atoms with E-state index in [0.717, 1.165) is 12.2 Å². The number of aliphatic carboxylic acids is 1. The number of hydrogen-bond donors (Lipinski definition) is 3. The Bertz CT molecular complexity index is 428. The zero-order chi connectivity index (χ0) is 16.1. The maximum absolute atomic E-state index is 9.37. The largest absolute Gasteiger partial charge is 0.493 e. The molecule has 0 aliphatic rings. The normalized spacial score (nSPS) is 9.05. The van der Waals surface area contributed by atoms with Crippen LogP contribution in [0, 0.1) is 6.92 Å². The van der Waals surface area contributed by atoms with E-state index < -0.39 is 5.97 Å². The van der Waals surface area contributed by atoms with Gasteiger partial charge in [-0.25, -0.2) is 0 Å². The van der Waals surface area contributed by atoms with Crippen molar-refractivity contribution in [2.24, 2.45) is 16.6 Å². The molecule has 118 valence electrons. The molecule has 0 saturated carbocycles. The zero-order valence-corrected chi connectivity index (χ0v) is 12.4. The van der Waals surface area contributed by atoms with Crippen LogP contribution in [0.1, 0.15) is 25.3 Å². The van der Waals surface area contributed by atoms with Crippen molar-refractivity contribution >= 4 is 11.9 Å². The Morgan fingerprint density at radius 1 is 1.24 bits per heavy atom. The average molecular weight is 297 g/mol. The fraction of sp³-hybridized carbons (Fsp3) is 0.429. The van der Waals surface area contributed by atoms with E-state index in [-0.39, 0.29) is 12.4 Å². The second-order valence-electron chi connectivity index (χ2n) is 4.11. The van der Waals surface area contributed by atoms with Gasteiger partial charge in [0.25, 0.3) is 0 Å². The molecule has 1 aromatic carbocycles. The Kier molecular flexibility index (Phi) is 10.1. The molecular formula is C14H23N3O4. The Labute approximate surface area is 124 Å². The highest BCUT2D eigenvalue weighted by molar-refractivity contribution is 5.74. The first-order valence-electron chi connectivity index (χ1n) is 6.57. The van der Waals surface area contributed by atoms with Crippen molar-refractivity contribution in [2.45, 2.75) is 26.7 Å². The van der Waals surface area contributed by atoms with E-state index in [2.05, 4.69) is 5.16 Å². The van der Waals surface area contributed by atoms with Crippen molar-refractivity contribution in [3.63, 3.8) is 0 Å². The van der Waals surface area contributed by atoms with Crippen LogP contribution in [0.5, 0.6) is 5.75 Å².